The third kappa shape index (κ3) is 4.54. The fourth-order valence-corrected chi connectivity index (χ4v) is 3.37. The van der Waals surface area contributed by atoms with Crippen LogP contribution in [0.25, 0.3) is 0 Å². The van der Waals surface area contributed by atoms with E-state index in [-0.39, 0.29) is 23.8 Å². The number of anilines is 1. The molecule has 0 bridgehead atoms. The van der Waals surface area contributed by atoms with E-state index in [4.69, 9.17) is 11.6 Å². The molecule has 142 valence electrons. The number of amides is 1. The molecule has 27 heavy (non-hydrogen) atoms. The highest BCUT2D eigenvalue weighted by Gasteiger charge is 2.26. The normalized spacial score (nSPS) is 14.3. The Morgan fingerprint density at radius 2 is 1.85 bits per heavy atom. The van der Waals surface area contributed by atoms with E-state index in [1.807, 2.05) is 4.90 Å². The molecule has 1 aliphatic heterocycles. The summed E-state index contributed by atoms with van der Waals surface area (Å²) >= 11 is 5.86. The lowest BCUT2D eigenvalue weighted by Gasteiger charge is -2.36. The SMILES string of the molecule is O=C(CCc1ccccc1F)N1CCN(c2ccc(Cl)cc2[N+](=O)[O-])CC1. The molecule has 0 radical (unpaired) electrons. The van der Waals surface area contributed by atoms with Crippen LogP contribution in [-0.2, 0) is 11.2 Å². The summed E-state index contributed by atoms with van der Waals surface area (Å²) in [6, 6.07) is 11.0. The smallest absolute Gasteiger partial charge is 0.294 e. The summed E-state index contributed by atoms with van der Waals surface area (Å²) in [7, 11) is 0. The lowest BCUT2D eigenvalue weighted by Crippen LogP contribution is -2.49. The maximum Gasteiger partial charge on any atom is 0.294 e. The lowest BCUT2D eigenvalue weighted by atomic mass is 10.1. The lowest BCUT2D eigenvalue weighted by molar-refractivity contribution is -0.384. The van der Waals surface area contributed by atoms with Crippen LogP contribution in [-0.4, -0.2) is 41.9 Å². The number of hydrogen-bond acceptors (Lipinski definition) is 4. The number of nitro benzene ring substituents is 1. The number of carbonyl (C=O) groups excluding carboxylic acids is 1. The molecule has 0 saturated carbocycles. The van der Waals surface area contributed by atoms with Crippen LogP contribution < -0.4 is 4.90 Å². The molecule has 3 rings (SSSR count). The van der Waals surface area contributed by atoms with Gasteiger partial charge in [0.25, 0.3) is 5.69 Å². The van der Waals surface area contributed by atoms with Gasteiger partial charge in [0.2, 0.25) is 5.91 Å². The molecule has 1 fully saturated rings. The molecule has 1 saturated heterocycles. The van der Waals surface area contributed by atoms with E-state index >= 15 is 0 Å². The van der Waals surface area contributed by atoms with Crippen molar-refractivity contribution in [3.63, 3.8) is 0 Å². The van der Waals surface area contributed by atoms with Crippen LogP contribution in [0.4, 0.5) is 15.8 Å². The Morgan fingerprint density at radius 3 is 2.52 bits per heavy atom. The number of halogens is 2. The molecule has 6 nitrogen and oxygen atoms in total. The zero-order valence-electron chi connectivity index (χ0n) is 14.6. The van der Waals surface area contributed by atoms with Crippen LogP contribution in [0.1, 0.15) is 12.0 Å². The summed E-state index contributed by atoms with van der Waals surface area (Å²) in [5, 5.41) is 11.6. The van der Waals surface area contributed by atoms with Crippen molar-refractivity contribution in [1.29, 1.82) is 0 Å². The van der Waals surface area contributed by atoms with Gasteiger partial charge in [0.1, 0.15) is 11.5 Å². The molecule has 2 aromatic rings. The topological polar surface area (TPSA) is 66.7 Å². The van der Waals surface area contributed by atoms with E-state index in [0.717, 1.165) is 0 Å². The number of hydrogen-bond donors (Lipinski definition) is 0. The summed E-state index contributed by atoms with van der Waals surface area (Å²) in [5.41, 5.74) is 0.992. The minimum atomic E-state index is -0.451. The van der Waals surface area contributed by atoms with Gasteiger partial charge in [-0.1, -0.05) is 29.8 Å². The summed E-state index contributed by atoms with van der Waals surface area (Å²) in [6.45, 7) is 1.92. The molecule has 1 amide bonds. The summed E-state index contributed by atoms with van der Waals surface area (Å²) in [6.07, 6.45) is 0.594. The standard InChI is InChI=1S/C19H19ClFN3O3/c20-15-6-7-17(18(13-15)24(26)27)22-9-11-23(12-10-22)19(25)8-5-14-3-1-2-4-16(14)21/h1-4,6-7,13H,5,8-12H2. The monoisotopic (exact) mass is 391 g/mol. The van der Waals surface area contributed by atoms with Gasteiger partial charge in [-0.15, -0.1) is 0 Å². The third-order valence-electron chi connectivity index (χ3n) is 4.67. The molecule has 0 N–H and O–H groups in total. The van der Waals surface area contributed by atoms with Crippen molar-refractivity contribution in [1.82, 2.24) is 4.90 Å². The van der Waals surface area contributed by atoms with Gasteiger partial charge in [-0.05, 0) is 30.2 Å². The molecule has 8 heteroatoms. The molecular weight excluding hydrogens is 373 g/mol. The Labute approximate surface area is 161 Å². The van der Waals surface area contributed by atoms with E-state index in [1.54, 1.807) is 35.2 Å². The third-order valence-corrected chi connectivity index (χ3v) is 4.91. The van der Waals surface area contributed by atoms with E-state index in [1.165, 1.54) is 12.1 Å². The number of nitro groups is 1. The number of piperazine rings is 1. The van der Waals surface area contributed by atoms with Gasteiger partial charge in [-0.3, -0.25) is 14.9 Å². The molecule has 0 aromatic heterocycles. The van der Waals surface area contributed by atoms with Gasteiger partial charge < -0.3 is 9.80 Å². The molecule has 2 aromatic carbocycles. The maximum atomic E-state index is 13.7. The number of carbonyl (C=O) groups is 1. The first-order valence-corrected chi connectivity index (χ1v) is 9.03. The first kappa shape index (κ1) is 19.1. The zero-order chi connectivity index (χ0) is 19.4. The Hall–Kier alpha value is -2.67. The Balaban J connectivity index is 1.58. The highest BCUT2D eigenvalue weighted by molar-refractivity contribution is 6.30. The quantitative estimate of drug-likeness (QED) is 0.576. The van der Waals surface area contributed by atoms with Crippen molar-refractivity contribution >= 4 is 28.9 Å². The van der Waals surface area contributed by atoms with Crippen LogP contribution in [0.2, 0.25) is 5.02 Å². The van der Waals surface area contributed by atoms with E-state index in [0.29, 0.717) is 48.9 Å². The number of rotatable bonds is 5. The molecule has 0 aliphatic carbocycles. The van der Waals surface area contributed by atoms with Gasteiger partial charge in [0.05, 0.1) is 4.92 Å². The van der Waals surface area contributed by atoms with E-state index in [9.17, 15) is 19.3 Å². The van der Waals surface area contributed by atoms with Crippen molar-refractivity contribution in [2.75, 3.05) is 31.1 Å². The van der Waals surface area contributed by atoms with Crippen molar-refractivity contribution in [2.24, 2.45) is 0 Å². The van der Waals surface area contributed by atoms with Crippen molar-refractivity contribution in [2.45, 2.75) is 12.8 Å². The molecular formula is C19H19ClFN3O3. The van der Waals surface area contributed by atoms with Gasteiger partial charge in [0, 0.05) is 43.7 Å². The first-order valence-electron chi connectivity index (χ1n) is 8.66. The van der Waals surface area contributed by atoms with Crippen LogP contribution in [0.3, 0.4) is 0 Å². The van der Waals surface area contributed by atoms with Crippen molar-refractivity contribution in [3.05, 3.63) is 69.0 Å². The maximum absolute atomic E-state index is 13.7. The number of nitrogens with zero attached hydrogens (tertiary/aromatic N) is 3. The average Bonchev–Trinajstić information content (AvgIpc) is 2.67. The predicted octanol–water partition coefficient (Wildman–Crippen LogP) is 3.67. The molecule has 0 spiro atoms. The molecule has 1 heterocycles. The van der Waals surface area contributed by atoms with Gasteiger partial charge >= 0.3 is 0 Å². The van der Waals surface area contributed by atoms with Crippen LogP contribution in [0.5, 0.6) is 0 Å². The first-order chi connectivity index (χ1) is 13.0. The molecule has 0 unspecified atom stereocenters. The second kappa shape index (κ2) is 8.35. The Kier molecular flexibility index (Phi) is 5.91. The highest BCUT2D eigenvalue weighted by atomic mass is 35.5. The summed E-state index contributed by atoms with van der Waals surface area (Å²) < 4.78 is 13.7. The minimum absolute atomic E-state index is 0.0384. The van der Waals surface area contributed by atoms with Crippen molar-refractivity contribution < 1.29 is 14.1 Å². The molecule has 1 aliphatic rings. The minimum Gasteiger partial charge on any atom is -0.362 e. The largest absolute Gasteiger partial charge is 0.362 e. The van der Waals surface area contributed by atoms with Crippen LogP contribution >= 0.6 is 11.6 Å². The number of aryl methyl sites for hydroxylation is 1. The Morgan fingerprint density at radius 1 is 1.15 bits per heavy atom. The van der Waals surface area contributed by atoms with Crippen LogP contribution in [0, 0.1) is 15.9 Å². The fourth-order valence-electron chi connectivity index (χ4n) is 3.21. The molecule has 0 atom stereocenters. The predicted molar refractivity (Wildman–Crippen MR) is 102 cm³/mol. The highest BCUT2D eigenvalue weighted by Crippen LogP contribution is 2.31. The van der Waals surface area contributed by atoms with Gasteiger partial charge in [0.15, 0.2) is 0 Å². The van der Waals surface area contributed by atoms with Gasteiger partial charge in [-0.25, -0.2) is 4.39 Å². The van der Waals surface area contributed by atoms with Crippen molar-refractivity contribution in [3.8, 4) is 0 Å². The van der Waals surface area contributed by atoms with Crippen LogP contribution in [0.15, 0.2) is 42.5 Å². The van der Waals surface area contributed by atoms with E-state index in [2.05, 4.69) is 0 Å². The zero-order valence-corrected chi connectivity index (χ0v) is 15.4. The second-order valence-electron chi connectivity index (χ2n) is 6.35. The summed E-state index contributed by atoms with van der Waals surface area (Å²) in [4.78, 5) is 26.8. The number of benzene rings is 2. The Bertz CT molecular complexity index is 854. The second-order valence-corrected chi connectivity index (χ2v) is 6.79. The van der Waals surface area contributed by atoms with E-state index < -0.39 is 4.92 Å². The van der Waals surface area contributed by atoms with Gasteiger partial charge in [-0.2, -0.15) is 0 Å². The summed E-state index contributed by atoms with van der Waals surface area (Å²) in [5.74, 6) is -0.339. The fraction of sp³-hybridized carbons (Fsp3) is 0.316. The average molecular weight is 392 g/mol.